The Bertz CT molecular complexity index is 872. The lowest BCUT2D eigenvalue weighted by Crippen LogP contribution is -2.27. The number of thiocarbonyl (C=S) groups is 1. The summed E-state index contributed by atoms with van der Waals surface area (Å²) in [5.41, 5.74) is 0.360. The molecular weight excluding hydrogens is 348 g/mol. The third kappa shape index (κ3) is 2.98. The standard InChI is InChI=1S/C16H12N2O4S2/c1-2-17-15(19)14(24-16(17)23)9-10-7-8-13(22-10)11-5-3-4-6-12(11)18(20)21/h3-9H,2H2,1H3/b14-9+. The van der Waals surface area contributed by atoms with Crippen molar-refractivity contribution in [2.24, 2.45) is 0 Å². The van der Waals surface area contributed by atoms with E-state index in [4.69, 9.17) is 16.6 Å². The average molecular weight is 360 g/mol. The molecule has 1 aliphatic rings. The molecule has 24 heavy (non-hydrogen) atoms. The number of thioether (sulfide) groups is 1. The van der Waals surface area contributed by atoms with Crippen LogP contribution in [-0.2, 0) is 4.79 Å². The molecule has 0 bridgehead atoms. The summed E-state index contributed by atoms with van der Waals surface area (Å²) in [6, 6.07) is 9.67. The normalized spacial score (nSPS) is 16.2. The topological polar surface area (TPSA) is 76.6 Å². The SMILES string of the molecule is CCN1C(=O)/C(=C\c2ccc(-c3ccccc3[N+](=O)[O-])o2)SC1=S. The zero-order chi connectivity index (χ0) is 17.3. The van der Waals surface area contributed by atoms with Crippen LogP contribution in [-0.4, -0.2) is 26.6 Å². The van der Waals surface area contributed by atoms with E-state index in [2.05, 4.69) is 0 Å². The van der Waals surface area contributed by atoms with Crippen molar-refractivity contribution < 1.29 is 14.1 Å². The number of nitrogens with zero attached hydrogens (tertiary/aromatic N) is 2. The molecule has 0 radical (unpaired) electrons. The highest BCUT2D eigenvalue weighted by atomic mass is 32.2. The summed E-state index contributed by atoms with van der Waals surface area (Å²) < 4.78 is 6.18. The van der Waals surface area contributed by atoms with Gasteiger partial charge in [0.25, 0.3) is 11.6 Å². The lowest BCUT2D eigenvalue weighted by Gasteiger charge is -2.09. The predicted octanol–water partition coefficient (Wildman–Crippen LogP) is 4.08. The van der Waals surface area contributed by atoms with Gasteiger partial charge in [-0.1, -0.05) is 36.1 Å². The van der Waals surface area contributed by atoms with Crippen molar-refractivity contribution in [1.82, 2.24) is 4.90 Å². The summed E-state index contributed by atoms with van der Waals surface area (Å²) >= 11 is 6.37. The number of rotatable bonds is 4. The Hall–Kier alpha value is -2.45. The van der Waals surface area contributed by atoms with E-state index >= 15 is 0 Å². The van der Waals surface area contributed by atoms with E-state index in [0.717, 1.165) is 0 Å². The molecule has 8 heteroatoms. The van der Waals surface area contributed by atoms with Crippen LogP contribution in [0.15, 0.2) is 45.7 Å². The maximum Gasteiger partial charge on any atom is 0.280 e. The van der Waals surface area contributed by atoms with Crippen LogP contribution in [0.4, 0.5) is 5.69 Å². The van der Waals surface area contributed by atoms with E-state index < -0.39 is 4.92 Å². The molecule has 1 aromatic heterocycles. The second-order valence-electron chi connectivity index (χ2n) is 4.90. The van der Waals surface area contributed by atoms with Crippen molar-refractivity contribution in [3.8, 4) is 11.3 Å². The highest BCUT2D eigenvalue weighted by Crippen LogP contribution is 2.35. The van der Waals surface area contributed by atoms with Crippen molar-refractivity contribution in [3.63, 3.8) is 0 Å². The predicted molar refractivity (Wildman–Crippen MR) is 96.4 cm³/mol. The van der Waals surface area contributed by atoms with E-state index in [1.54, 1.807) is 36.4 Å². The smallest absolute Gasteiger partial charge is 0.280 e. The van der Waals surface area contributed by atoms with Gasteiger partial charge in [0.2, 0.25) is 0 Å². The Balaban J connectivity index is 1.93. The number of hydrogen-bond acceptors (Lipinski definition) is 6. The summed E-state index contributed by atoms with van der Waals surface area (Å²) in [7, 11) is 0. The molecule has 3 rings (SSSR count). The van der Waals surface area contributed by atoms with Gasteiger partial charge in [0, 0.05) is 18.7 Å². The second-order valence-corrected chi connectivity index (χ2v) is 6.58. The quantitative estimate of drug-likeness (QED) is 0.354. The fourth-order valence-electron chi connectivity index (χ4n) is 2.32. The van der Waals surface area contributed by atoms with Crippen LogP contribution >= 0.6 is 24.0 Å². The van der Waals surface area contributed by atoms with Gasteiger partial charge in [-0.05, 0) is 25.1 Å². The first-order valence-corrected chi connectivity index (χ1v) is 8.32. The molecule has 2 aromatic rings. The minimum atomic E-state index is -0.454. The fraction of sp³-hybridized carbons (Fsp3) is 0.125. The van der Waals surface area contributed by atoms with Gasteiger partial charge in [0.1, 0.15) is 15.8 Å². The third-order valence-corrected chi connectivity index (χ3v) is 4.83. The highest BCUT2D eigenvalue weighted by molar-refractivity contribution is 8.26. The van der Waals surface area contributed by atoms with Crippen LogP contribution < -0.4 is 0 Å². The molecule has 0 saturated carbocycles. The molecule has 1 aromatic carbocycles. The lowest BCUT2D eigenvalue weighted by atomic mass is 10.1. The van der Waals surface area contributed by atoms with Gasteiger partial charge < -0.3 is 4.42 Å². The minimum Gasteiger partial charge on any atom is -0.456 e. The van der Waals surface area contributed by atoms with Crippen LogP contribution in [0.3, 0.4) is 0 Å². The number of nitro benzene ring substituents is 1. The maximum atomic E-state index is 12.2. The minimum absolute atomic E-state index is 0.0318. The summed E-state index contributed by atoms with van der Waals surface area (Å²) in [4.78, 5) is 24.8. The van der Waals surface area contributed by atoms with Crippen molar-refractivity contribution in [2.45, 2.75) is 6.92 Å². The van der Waals surface area contributed by atoms with Crippen LogP contribution in [0.5, 0.6) is 0 Å². The molecule has 0 aliphatic carbocycles. The maximum absolute atomic E-state index is 12.2. The van der Waals surface area contributed by atoms with Gasteiger partial charge in [-0.15, -0.1) is 0 Å². The van der Waals surface area contributed by atoms with Gasteiger partial charge in [0.15, 0.2) is 0 Å². The van der Waals surface area contributed by atoms with E-state index in [1.165, 1.54) is 22.7 Å². The summed E-state index contributed by atoms with van der Waals surface area (Å²) in [5, 5.41) is 11.1. The van der Waals surface area contributed by atoms with Gasteiger partial charge >= 0.3 is 0 Å². The number of benzene rings is 1. The Morgan fingerprint density at radius 1 is 1.33 bits per heavy atom. The summed E-state index contributed by atoms with van der Waals surface area (Å²) in [5.74, 6) is 0.662. The zero-order valence-corrected chi connectivity index (χ0v) is 14.2. The molecule has 6 nitrogen and oxygen atoms in total. The molecule has 122 valence electrons. The number of likely N-dealkylation sites (N-methyl/N-ethyl adjacent to an activating group) is 1. The Morgan fingerprint density at radius 2 is 2.08 bits per heavy atom. The first-order chi connectivity index (χ1) is 11.5. The van der Waals surface area contributed by atoms with Crippen molar-refractivity contribution in [2.75, 3.05) is 6.54 Å². The van der Waals surface area contributed by atoms with E-state index in [9.17, 15) is 14.9 Å². The first kappa shape index (κ1) is 16.4. The third-order valence-electron chi connectivity index (χ3n) is 3.46. The van der Waals surface area contributed by atoms with Gasteiger partial charge in [-0.25, -0.2) is 0 Å². The number of amides is 1. The number of hydrogen-bond donors (Lipinski definition) is 0. The Morgan fingerprint density at radius 3 is 2.75 bits per heavy atom. The Kier molecular flexibility index (Phi) is 4.50. The van der Waals surface area contributed by atoms with Gasteiger partial charge in [0.05, 0.1) is 15.4 Å². The first-order valence-electron chi connectivity index (χ1n) is 7.10. The molecule has 1 saturated heterocycles. The van der Waals surface area contributed by atoms with Crippen LogP contribution in [0.1, 0.15) is 12.7 Å². The zero-order valence-electron chi connectivity index (χ0n) is 12.6. The van der Waals surface area contributed by atoms with Crippen molar-refractivity contribution in [3.05, 3.63) is 57.2 Å². The molecule has 0 unspecified atom stereocenters. The molecular formula is C16H12N2O4S2. The lowest BCUT2D eigenvalue weighted by molar-refractivity contribution is -0.384. The fourth-order valence-corrected chi connectivity index (χ4v) is 3.68. The molecule has 1 fully saturated rings. The van der Waals surface area contributed by atoms with E-state index in [0.29, 0.717) is 32.9 Å². The van der Waals surface area contributed by atoms with E-state index in [-0.39, 0.29) is 11.6 Å². The number of nitro groups is 1. The number of carbonyl (C=O) groups is 1. The largest absolute Gasteiger partial charge is 0.456 e. The molecule has 2 heterocycles. The van der Waals surface area contributed by atoms with Crippen LogP contribution in [0, 0.1) is 10.1 Å². The van der Waals surface area contributed by atoms with Crippen molar-refractivity contribution >= 4 is 46.0 Å². The van der Waals surface area contributed by atoms with Crippen LogP contribution in [0.2, 0.25) is 0 Å². The van der Waals surface area contributed by atoms with Crippen molar-refractivity contribution in [1.29, 1.82) is 0 Å². The highest BCUT2D eigenvalue weighted by Gasteiger charge is 2.31. The van der Waals surface area contributed by atoms with Gasteiger partial charge in [-0.3, -0.25) is 19.8 Å². The molecule has 1 aliphatic heterocycles. The monoisotopic (exact) mass is 360 g/mol. The molecule has 0 spiro atoms. The van der Waals surface area contributed by atoms with Crippen LogP contribution in [0.25, 0.3) is 17.4 Å². The number of furan rings is 1. The molecule has 0 atom stereocenters. The Labute approximate surface area is 147 Å². The summed E-state index contributed by atoms with van der Waals surface area (Å²) in [6.07, 6.45) is 1.60. The van der Waals surface area contributed by atoms with Gasteiger partial charge in [-0.2, -0.15) is 0 Å². The molecule has 0 N–H and O–H groups in total. The molecule has 1 amide bonds. The summed E-state index contributed by atoms with van der Waals surface area (Å²) in [6.45, 7) is 2.37. The second kappa shape index (κ2) is 6.58. The number of carbonyl (C=O) groups excluding carboxylic acids is 1. The average Bonchev–Trinajstić information content (AvgIpc) is 3.13. The number of para-hydroxylation sites is 1. The van der Waals surface area contributed by atoms with E-state index in [1.807, 2.05) is 6.92 Å².